The molecule has 0 unspecified atom stereocenters. The Kier molecular flexibility index (Phi) is 3.28. The molecule has 3 nitrogen and oxygen atoms in total. The Labute approximate surface area is 122 Å². The van der Waals surface area contributed by atoms with Gasteiger partial charge in [0.05, 0.1) is 0 Å². The molecule has 0 aliphatic carbocycles. The summed E-state index contributed by atoms with van der Waals surface area (Å²) < 4.78 is 0. The molecule has 0 atom stereocenters. The number of aryl methyl sites for hydroxylation is 1. The Bertz CT molecular complexity index is 771. The fraction of sp³-hybridized carbons (Fsp3) is 0.125. The minimum atomic E-state index is 0.433. The van der Waals surface area contributed by atoms with Gasteiger partial charge < -0.3 is 4.90 Å². The third-order valence-corrected chi connectivity index (χ3v) is 3.70. The van der Waals surface area contributed by atoms with Crippen LogP contribution in [0, 0.1) is 6.92 Å². The van der Waals surface area contributed by atoms with Crippen LogP contribution in [0.5, 0.6) is 0 Å². The SMILES string of the molecule is Cc1ccccc1N(C)c1nnc(Cl)c2ccccc12. The molecule has 100 valence electrons. The lowest BCUT2D eigenvalue weighted by Gasteiger charge is -2.21. The predicted molar refractivity (Wildman–Crippen MR) is 83.8 cm³/mol. The summed E-state index contributed by atoms with van der Waals surface area (Å²) in [5, 5.41) is 10.7. The first-order chi connectivity index (χ1) is 9.68. The van der Waals surface area contributed by atoms with E-state index in [-0.39, 0.29) is 0 Å². The van der Waals surface area contributed by atoms with Crippen molar-refractivity contribution in [1.82, 2.24) is 10.2 Å². The number of hydrogen-bond acceptors (Lipinski definition) is 3. The molecule has 3 rings (SSSR count). The summed E-state index contributed by atoms with van der Waals surface area (Å²) in [6.07, 6.45) is 0. The Hall–Kier alpha value is -2.13. The summed E-state index contributed by atoms with van der Waals surface area (Å²) in [6, 6.07) is 16.1. The maximum atomic E-state index is 6.12. The van der Waals surface area contributed by atoms with Crippen LogP contribution in [0.2, 0.25) is 5.15 Å². The van der Waals surface area contributed by atoms with Gasteiger partial charge in [0.2, 0.25) is 0 Å². The zero-order chi connectivity index (χ0) is 14.1. The lowest BCUT2D eigenvalue weighted by atomic mass is 10.1. The van der Waals surface area contributed by atoms with Gasteiger partial charge in [0.25, 0.3) is 0 Å². The standard InChI is InChI=1S/C16H14ClN3/c1-11-7-3-6-10-14(11)20(2)16-13-9-5-4-8-12(13)15(17)18-19-16/h3-10H,1-2H3. The molecule has 4 heteroatoms. The second-order valence-electron chi connectivity index (χ2n) is 4.71. The molecule has 0 N–H and O–H groups in total. The van der Waals surface area contributed by atoms with Crippen molar-refractivity contribution in [1.29, 1.82) is 0 Å². The highest BCUT2D eigenvalue weighted by atomic mass is 35.5. The fourth-order valence-electron chi connectivity index (χ4n) is 2.36. The van der Waals surface area contributed by atoms with Crippen LogP contribution in [-0.2, 0) is 0 Å². The first-order valence-corrected chi connectivity index (χ1v) is 6.76. The molecule has 0 aliphatic heterocycles. The third kappa shape index (κ3) is 2.10. The van der Waals surface area contributed by atoms with E-state index in [0.717, 1.165) is 22.3 Å². The maximum absolute atomic E-state index is 6.12. The van der Waals surface area contributed by atoms with Crippen LogP contribution < -0.4 is 4.90 Å². The first-order valence-electron chi connectivity index (χ1n) is 6.39. The van der Waals surface area contributed by atoms with Gasteiger partial charge in [-0.05, 0) is 18.6 Å². The van der Waals surface area contributed by atoms with Gasteiger partial charge in [-0.3, -0.25) is 0 Å². The highest BCUT2D eigenvalue weighted by molar-refractivity contribution is 6.34. The Morgan fingerprint density at radius 3 is 2.30 bits per heavy atom. The van der Waals surface area contributed by atoms with E-state index in [1.54, 1.807) is 0 Å². The first kappa shape index (κ1) is 12.9. The van der Waals surface area contributed by atoms with Crippen molar-refractivity contribution >= 4 is 33.9 Å². The zero-order valence-electron chi connectivity index (χ0n) is 11.3. The molecule has 0 spiro atoms. The van der Waals surface area contributed by atoms with E-state index in [4.69, 9.17) is 11.6 Å². The molecule has 0 amide bonds. The average molecular weight is 284 g/mol. The fourth-order valence-corrected chi connectivity index (χ4v) is 2.56. The van der Waals surface area contributed by atoms with Crippen LogP contribution in [0.4, 0.5) is 11.5 Å². The molecule has 1 heterocycles. The summed E-state index contributed by atoms with van der Waals surface area (Å²) in [5.74, 6) is 0.805. The van der Waals surface area contributed by atoms with E-state index in [9.17, 15) is 0 Å². The number of para-hydroxylation sites is 1. The van der Waals surface area contributed by atoms with Crippen LogP contribution in [0.25, 0.3) is 10.8 Å². The Morgan fingerprint density at radius 1 is 0.900 bits per heavy atom. The zero-order valence-corrected chi connectivity index (χ0v) is 12.1. The smallest absolute Gasteiger partial charge is 0.163 e. The average Bonchev–Trinajstić information content (AvgIpc) is 2.48. The summed E-state index contributed by atoms with van der Waals surface area (Å²) in [5.41, 5.74) is 2.30. The van der Waals surface area contributed by atoms with Gasteiger partial charge >= 0.3 is 0 Å². The molecule has 0 saturated carbocycles. The summed E-state index contributed by atoms with van der Waals surface area (Å²) in [7, 11) is 1.99. The number of fused-ring (bicyclic) bond motifs is 1. The van der Waals surface area contributed by atoms with Crippen LogP contribution in [0.15, 0.2) is 48.5 Å². The minimum absolute atomic E-state index is 0.433. The minimum Gasteiger partial charge on any atom is -0.327 e. The van der Waals surface area contributed by atoms with Crippen molar-refractivity contribution in [3.8, 4) is 0 Å². The van der Waals surface area contributed by atoms with Gasteiger partial charge in [-0.15, -0.1) is 10.2 Å². The number of anilines is 2. The Morgan fingerprint density at radius 2 is 1.55 bits per heavy atom. The van der Waals surface area contributed by atoms with Crippen LogP contribution in [0.1, 0.15) is 5.56 Å². The van der Waals surface area contributed by atoms with Crippen molar-refractivity contribution in [2.45, 2.75) is 6.92 Å². The van der Waals surface area contributed by atoms with E-state index in [0.29, 0.717) is 5.15 Å². The molecule has 20 heavy (non-hydrogen) atoms. The quantitative estimate of drug-likeness (QED) is 0.700. The highest BCUT2D eigenvalue weighted by Gasteiger charge is 2.13. The van der Waals surface area contributed by atoms with Crippen molar-refractivity contribution in [2.75, 3.05) is 11.9 Å². The second kappa shape index (κ2) is 5.10. The predicted octanol–water partition coefficient (Wildman–Crippen LogP) is 4.36. The molecule has 0 radical (unpaired) electrons. The molecule has 0 aliphatic rings. The molecule has 2 aromatic carbocycles. The number of nitrogens with zero attached hydrogens (tertiary/aromatic N) is 3. The lowest BCUT2D eigenvalue weighted by Crippen LogP contribution is -2.13. The molecular weight excluding hydrogens is 270 g/mol. The van der Waals surface area contributed by atoms with Crippen molar-refractivity contribution in [2.24, 2.45) is 0 Å². The number of aromatic nitrogens is 2. The van der Waals surface area contributed by atoms with Crippen LogP contribution in [0.3, 0.4) is 0 Å². The largest absolute Gasteiger partial charge is 0.327 e. The van der Waals surface area contributed by atoms with E-state index in [1.807, 2.05) is 48.3 Å². The molecular formula is C16H14ClN3. The maximum Gasteiger partial charge on any atom is 0.163 e. The number of halogens is 1. The van der Waals surface area contributed by atoms with Gasteiger partial charge in [-0.1, -0.05) is 54.1 Å². The van der Waals surface area contributed by atoms with E-state index in [2.05, 4.69) is 29.3 Å². The van der Waals surface area contributed by atoms with E-state index in [1.165, 1.54) is 5.56 Å². The van der Waals surface area contributed by atoms with Gasteiger partial charge in [0.15, 0.2) is 11.0 Å². The molecule has 0 saturated heterocycles. The lowest BCUT2D eigenvalue weighted by molar-refractivity contribution is 1.00. The van der Waals surface area contributed by atoms with E-state index >= 15 is 0 Å². The monoisotopic (exact) mass is 283 g/mol. The van der Waals surface area contributed by atoms with Crippen LogP contribution in [-0.4, -0.2) is 17.2 Å². The number of hydrogen-bond donors (Lipinski definition) is 0. The second-order valence-corrected chi connectivity index (χ2v) is 5.06. The normalized spacial score (nSPS) is 10.8. The molecule has 3 aromatic rings. The highest BCUT2D eigenvalue weighted by Crippen LogP contribution is 2.32. The Balaban J connectivity index is 2.20. The van der Waals surface area contributed by atoms with Gasteiger partial charge in [-0.2, -0.15) is 0 Å². The topological polar surface area (TPSA) is 29.0 Å². The van der Waals surface area contributed by atoms with Gasteiger partial charge in [0.1, 0.15) is 0 Å². The van der Waals surface area contributed by atoms with Gasteiger partial charge in [-0.25, -0.2) is 0 Å². The molecule has 0 fully saturated rings. The summed E-state index contributed by atoms with van der Waals surface area (Å²) in [4.78, 5) is 2.04. The number of rotatable bonds is 2. The van der Waals surface area contributed by atoms with Gasteiger partial charge in [0, 0.05) is 23.5 Å². The number of benzene rings is 2. The van der Waals surface area contributed by atoms with Crippen molar-refractivity contribution in [3.05, 3.63) is 59.2 Å². The van der Waals surface area contributed by atoms with Crippen molar-refractivity contribution < 1.29 is 0 Å². The van der Waals surface area contributed by atoms with E-state index < -0.39 is 0 Å². The molecule has 0 bridgehead atoms. The summed E-state index contributed by atoms with van der Waals surface area (Å²) >= 11 is 6.12. The molecule has 1 aromatic heterocycles. The third-order valence-electron chi connectivity index (χ3n) is 3.42. The van der Waals surface area contributed by atoms with Crippen LogP contribution >= 0.6 is 11.6 Å². The summed E-state index contributed by atoms with van der Waals surface area (Å²) in [6.45, 7) is 2.08. The van der Waals surface area contributed by atoms with Crippen molar-refractivity contribution in [3.63, 3.8) is 0 Å².